The van der Waals surface area contributed by atoms with Crippen LogP contribution in [0.5, 0.6) is 0 Å². The molecule has 2 amide bonds. The Morgan fingerprint density at radius 3 is 2.06 bits per heavy atom. The summed E-state index contributed by atoms with van der Waals surface area (Å²) in [5, 5.41) is 2.88. The highest BCUT2D eigenvalue weighted by Gasteiger charge is 2.68. The van der Waals surface area contributed by atoms with E-state index in [1.807, 2.05) is 42.5 Å². The number of hydrogen-bond donors (Lipinski definition) is 0. The molecule has 8 heteroatoms. The van der Waals surface area contributed by atoms with Crippen molar-refractivity contribution in [1.29, 1.82) is 0 Å². The molecular formula is C24H17Cl3N2O3. The average Bonchev–Trinajstić information content (AvgIpc) is 3.17. The third-order valence-electron chi connectivity index (χ3n) is 5.98. The highest BCUT2D eigenvalue weighted by atomic mass is 35.5. The van der Waals surface area contributed by atoms with Crippen LogP contribution in [-0.4, -0.2) is 17.9 Å². The topological polar surface area (TPSA) is 49.9 Å². The molecule has 0 aliphatic carbocycles. The standard InChI is InChI=1S/C24H17Cl3N2O3/c1-24-20(14-7-9-15(25)10-8-14)29(18-5-3-2-4-6-18)32-21(24)22(30)28(23(24)31)19-12-16(26)11-17(27)13-19/h2-13,20-21H,1H3. The van der Waals surface area contributed by atoms with Crippen LogP contribution in [0.25, 0.3) is 0 Å². The number of carbonyl (C=O) groups is 2. The zero-order chi connectivity index (χ0) is 22.6. The lowest BCUT2D eigenvalue weighted by atomic mass is 9.76. The zero-order valence-electron chi connectivity index (χ0n) is 16.8. The van der Waals surface area contributed by atoms with Gasteiger partial charge in [-0.3, -0.25) is 14.4 Å². The maximum absolute atomic E-state index is 13.9. The smallest absolute Gasteiger partial charge is 0.266 e. The van der Waals surface area contributed by atoms with Crippen molar-refractivity contribution >= 4 is 58.0 Å². The first-order valence-corrected chi connectivity index (χ1v) is 11.0. The molecule has 3 aromatic carbocycles. The van der Waals surface area contributed by atoms with Crippen LogP contribution >= 0.6 is 34.8 Å². The average molecular weight is 488 g/mol. The van der Waals surface area contributed by atoms with Crippen LogP contribution in [-0.2, 0) is 14.4 Å². The minimum Gasteiger partial charge on any atom is -0.273 e. The monoisotopic (exact) mass is 486 g/mol. The molecule has 5 rings (SSSR count). The summed E-state index contributed by atoms with van der Waals surface area (Å²) in [6, 6.07) is 20.6. The van der Waals surface area contributed by atoms with Crippen molar-refractivity contribution in [2.75, 3.05) is 9.96 Å². The third-order valence-corrected chi connectivity index (χ3v) is 6.67. The third kappa shape index (κ3) is 3.20. The van der Waals surface area contributed by atoms with Crippen LogP contribution < -0.4 is 9.96 Å². The molecule has 0 radical (unpaired) electrons. The first kappa shape index (κ1) is 21.3. The van der Waals surface area contributed by atoms with Crippen LogP contribution in [0.1, 0.15) is 18.5 Å². The van der Waals surface area contributed by atoms with Gasteiger partial charge in [-0.25, -0.2) is 9.96 Å². The Balaban J connectivity index is 1.65. The number of benzene rings is 3. The summed E-state index contributed by atoms with van der Waals surface area (Å²) in [6.45, 7) is 1.76. The van der Waals surface area contributed by atoms with E-state index in [9.17, 15) is 9.59 Å². The fourth-order valence-corrected chi connectivity index (χ4v) is 5.12. The fraction of sp³-hybridized carbons (Fsp3) is 0.167. The summed E-state index contributed by atoms with van der Waals surface area (Å²) in [7, 11) is 0. The van der Waals surface area contributed by atoms with Crippen molar-refractivity contribution < 1.29 is 14.4 Å². The van der Waals surface area contributed by atoms with Gasteiger partial charge in [-0.2, -0.15) is 0 Å². The molecule has 3 atom stereocenters. The van der Waals surface area contributed by atoms with Gasteiger partial charge in [0, 0.05) is 15.1 Å². The first-order chi connectivity index (χ1) is 15.3. The van der Waals surface area contributed by atoms with E-state index in [0.29, 0.717) is 20.8 Å². The van der Waals surface area contributed by atoms with Gasteiger partial charge >= 0.3 is 0 Å². The minimum absolute atomic E-state index is 0.317. The number of hydroxylamine groups is 1. The molecule has 3 unspecified atom stereocenters. The second-order valence-corrected chi connectivity index (χ2v) is 9.30. The number of para-hydroxylation sites is 1. The molecule has 3 aromatic rings. The summed E-state index contributed by atoms with van der Waals surface area (Å²) >= 11 is 18.4. The number of imide groups is 1. The van der Waals surface area contributed by atoms with E-state index in [-0.39, 0.29) is 5.91 Å². The molecule has 0 saturated carbocycles. The van der Waals surface area contributed by atoms with E-state index >= 15 is 0 Å². The van der Waals surface area contributed by atoms with Crippen molar-refractivity contribution in [2.24, 2.45) is 5.41 Å². The second kappa shape index (κ2) is 7.78. The van der Waals surface area contributed by atoms with Crippen molar-refractivity contribution in [3.05, 3.63) is 93.4 Å². The molecule has 2 aliphatic rings. The van der Waals surface area contributed by atoms with E-state index in [2.05, 4.69) is 0 Å². The number of hydrogen-bond acceptors (Lipinski definition) is 4. The lowest BCUT2D eigenvalue weighted by Gasteiger charge is -2.32. The SMILES string of the molecule is CC12C(=O)N(c3cc(Cl)cc(Cl)c3)C(=O)C1ON(c1ccccc1)C2c1ccc(Cl)cc1. The van der Waals surface area contributed by atoms with Gasteiger partial charge in [0.15, 0.2) is 6.10 Å². The normalized spacial score (nSPS) is 24.9. The number of anilines is 2. The number of fused-ring (bicyclic) bond motifs is 1. The summed E-state index contributed by atoms with van der Waals surface area (Å²) in [5.74, 6) is -0.850. The van der Waals surface area contributed by atoms with E-state index < -0.39 is 23.5 Å². The quantitative estimate of drug-likeness (QED) is 0.420. The van der Waals surface area contributed by atoms with Gasteiger partial charge in [0.2, 0.25) is 5.91 Å². The Labute approximate surface area is 200 Å². The van der Waals surface area contributed by atoms with Gasteiger partial charge in [0.25, 0.3) is 5.91 Å². The highest BCUT2D eigenvalue weighted by Crippen LogP contribution is 2.55. The van der Waals surface area contributed by atoms with E-state index in [1.54, 1.807) is 42.3 Å². The Hall–Kier alpha value is -2.57. The summed E-state index contributed by atoms with van der Waals surface area (Å²) < 4.78 is 0. The summed E-state index contributed by atoms with van der Waals surface area (Å²) in [5.41, 5.74) is 0.657. The molecule has 0 bridgehead atoms. The minimum atomic E-state index is -1.20. The lowest BCUT2D eigenvalue weighted by molar-refractivity contribution is -0.128. The highest BCUT2D eigenvalue weighted by molar-refractivity contribution is 6.36. The van der Waals surface area contributed by atoms with E-state index in [1.165, 1.54) is 0 Å². The predicted molar refractivity (Wildman–Crippen MR) is 125 cm³/mol. The van der Waals surface area contributed by atoms with Crippen molar-refractivity contribution in [3.8, 4) is 0 Å². The molecule has 2 aliphatic heterocycles. The van der Waals surface area contributed by atoms with Crippen LogP contribution in [0.3, 0.4) is 0 Å². The molecule has 32 heavy (non-hydrogen) atoms. The fourth-order valence-electron chi connectivity index (χ4n) is 4.48. The first-order valence-electron chi connectivity index (χ1n) is 9.91. The van der Waals surface area contributed by atoms with Gasteiger partial charge in [-0.1, -0.05) is 65.1 Å². The number of amides is 2. The lowest BCUT2D eigenvalue weighted by Crippen LogP contribution is -2.41. The summed E-state index contributed by atoms with van der Waals surface area (Å²) in [4.78, 5) is 34.6. The maximum atomic E-state index is 13.9. The molecule has 0 aromatic heterocycles. The van der Waals surface area contributed by atoms with E-state index in [4.69, 9.17) is 39.6 Å². The number of halogens is 3. The molecule has 2 heterocycles. The van der Waals surface area contributed by atoms with Gasteiger partial charge < -0.3 is 0 Å². The Morgan fingerprint density at radius 2 is 1.44 bits per heavy atom. The second-order valence-electron chi connectivity index (χ2n) is 7.99. The van der Waals surface area contributed by atoms with Crippen molar-refractivity contribution in [2.45, 2.75) is 19.1 Å². The molecular weight excluding hydrogens is 471 g/mol. The van der Waals surface area contributed by atoms with Gasteiger partial charge in [-0.05, 0) is 55.0 Å². The van der Waals surface area contributed by atoms with Crippen LogP contribution in [0.15, 0.2) is 72.8 Å². The van der Waals surface area contributed by atoms with Crippen molar-refractivity contribution in [3.63, 3.8) is 0 Å². The Morgan fingerprint density at radius 1 is 0.812 bits per heavy atom. The largest absolute Gasteiger partial charge is 0.273 e. The Bertz CT molecular complexity index is 1200. The van der Waals surface area contributed by atoms with Gasteiger partial charge in [-0.15, -0.1) is 0 Å². The van der Waals surface area contributed by atoms with Crippen LogP contribution in [0.4, 0.5) is 11.4 Å². The Kier molecular flexibility index (Phi) is 5.18. The molecule has 2 saturated heterocycles. The number of carbonyl (C=O) groups excluding carboxylic acids is 2. The molecule has 162 valence electrons. The van der Waals surface area contributed by atoms with Crippen LogP contribution in [0, 0.1) is 5.41 Å². The van der Waals surface area contributed by atoms with Crippen molar-refractivity contribution in [1.82, 2.24) is 0 Å². The van der Waals surface area contributed by atoms with Crippen LogP contribution in [0.2, 0.25) is 15.1 Å². The maximum Gasteiger partial charge on any atom is 0.266 e. The van der Waals surface area contributed by atoms with Gasteiger partial charge in [0.05, 0.1) is 17.4 Å². The number of nitrogens with zero attached hydrogens (tertiary/aromatic N) is 2. The molecule has 0 spiro atoms. The molecule has 2 fully saturated rings. The predicted octanol–water partition coefficient (Wildman–Crippen LogP) is 6.09. The molecule has 0 N–H and O–H groups in total. The van der Waals surface area contributed by atoms with Gasteiger partial charge in [0.1, 0.15) is 5.41 Å². The number of rotatable bonds is 3. The van der Waals surface area contributed by atoms with E-state index in [0.717, 1.165) is 16.2 Å². The zero-order valence-corrected chi connectivity index (χ0v) is 19.1. The summed E-state index contributed by atoms with van der Waals surface area (Å²) in [6.07, 6.45) is -1.02. The molecule has 5 nitrogen and oxygen atoms in total.